The molecule has 0 aliphatic heterocycles. The van der Waals surface area contributed by atoms with Gasteiger partial charge in [0.25, 0.3) is 10.0 Å². The van der Waals surface area contributed by atoms with E-state index >= 15 is 0 Å². The lowest BCUT2D eigenvalue weighted by Crippen LogP contribution is -2.55. The van der Waals surface area contributed by atoms with Crippen LogP contribution >= 0.6 is 23.2 Å². The van der Waals surface area contributed by atoms with E-state index in [4.69, 9.17) is 23.2 Å². The number of hydrogen-bond acceptors (Lipinski definition) is 4. The zero-order chi connectivity index (χ0) is 33.4. The number of halogens is 3. The predicted octanol–water partition coefficient (Wildman–Crippen LogP) is 7.42. The first-order valence-electron chi connectivity index (χ1n) is 15.5. The molecule has 4 aromatic carbocycles. The maximum absolute atomic E-state index is 14.6. The molecule has 47 heavy (non-hydrogen) atoms. The number of hydrogen-bond donors (Lipinski definition) is 1. The van der Waals surface area contributed by atoms with Gasteiger partial charge in [0.1, 0.15) is 18.4 Å². The maximum atomic E-state index is 14.6. The zero-order valence-electron chi connectivity index (χ0n) is 25.7. The van der Waals surface area contributed by atoms with E-state index in [2.05, 4.69) is 5.32 Å². The fourth-order valence-corrected chi connectivity index (χ4v) is 7.50. The van der Waals surface area contributed by atoms with Gasteiger partial charge in [0.2, 0.25) is 11.8 Å². The van der Waals surface area contributed by atoms with E-state index < -0.39 is 34.3 Å². The van der Waals surface area contributed by atoms with Gasteiger partial charge in [-0.15, -0.1) is 0 Å². The minimum Gasteiger partial charge on any atom is -0.352 e. The number of benzene rings is 4. The summed E-state index contributed by atoms with van der Waals surface area (Å²) in [7, 11) is -4.33. The summed E-state index contributed by atoms with van der Waals surface area (Å²) in [5, 5.41) is 3.39. The van der Waals surface area contributed by atoms with Crippen molar-refractivity contribution in [3.63, 3.8) is 0 Å². The molecular weight excluding hydrogens is 660 g/mol. The van der Waals surface area contributed by atoms with Crippen LogP contribution in [0.3, 0.4) is 0 Å². The fraction of sp³-hybridized carbons (Fsp3) is 0.278. The first kappa shape index (κ1) is 34.4. The molecule has 1 aliphatic rings. The Morgan fingerprint density at radius 1 is 0.830 bits per heavy atom. The number of nitrogens with zero attached hydrogens (tertiary/aromatic N) is 2. The molecule has 1 N–H and O–H groups in total. The summed E-state index contributed by atoms with van der Waals surface area (Å²) < 4.78 is 43.2. The van der Waals surface area contributed by atoms with Gasteiger partial charge in [0, 0.05) is 24.0 Å². The maximum Gasteiger partial charge on any atom is 0.264 e. The number of anilines is 1. The molecule has 2 amide bonds. The van der Waals surface area contributed by atoms with Crippen LogP contribution in [0.1, 0.15) is 43.2 Å². The summed E-state index contributed by atoms with van der Waals surface area (Å²) in [6.07, 6.45) is 5.03. The van der Waals surface area contributed by atoms with Gasteiger partial charge < -0.3 is 10.2 Å². The van der Waals surface area contributed by atoms with Gasteiger partial charge in [0.15, 0.2) is 0 Å². The van der Waals surface area contributed by atoms with Crippen LogP contribution < -0.4 is 9.62 Å². The zero-order valence-corrected chi connectivity index (χ0v) is 28.0. The van der Waals surface area contributed by atoms with E-state index in [1.807, 2.05) is 30.3 Å². The van der Waals surface area contributed by atoms with Crippen LogP contribution in [0.5, 0.6) is 0 Å². The molecule has 0 radical (unpaired) electrons. The number of nitrogens with one attached hydrogen (secondary N) is 1. The molecule has 1 fully saturated rings. The van der Waals surface area contributed by atoms with Gasteiger partial charge in [-0.25, -0.2) is 12.8 Å². The highest BCUT2D eigenvalue weighted by Crippen LogP contribution is 2.29. The number of amides is 2. The van der Waals surface area contributed by atoms with E-state index in [1.165, 1.54) is 29.2 Å². The monoisotopic (exact) mass is 695 g/mol. The molecule has 11 heteroatoms. The van der Waals surface area contributed by atoms with Gasteiger partial charge in [0.05, 0.1) is 15.6 Å². The van der Waals surface area contributed by atoms with Crippen LogP contribution in [0.4, 0.5) is 10.1 Å². The Balaban J connectivity index is 1.56. The van der Waals surface area contributed by atoms with Gasteiger partial charge >= 0.3 is 0 Å². The second kappa shape index (κ2) is 15.8. The highest BCUT2D eigenvalue weighted by atomic mass is 35.5. The van der Waals surface area contributed by atoms with Crippen molar-refractivity contribution in [3.8, 4) is 0 Å². The average molecular weight is 697 g/mol. The van der Waals surface area contributed by atoms with Gasteiger partial charge in [-0.3, -0.25) is 13.9 Å². The largest absolute Gasteiger partial charge is 0.352 e. The lowest BCUT2D eigenvalue weighted by Gasteiger charge is -2.35. The van der Waals surface area contributed by atoms with Crippen molar-refractivity contribution in [2.75, 3.05) is 10.8 Å². The Morgan fingerprint density at radius 2 is 1.47 bits per heavy atom. The second-order valence-corrected chi connectivity index (χ2v) is 14.3. The molecular formula is C36H36Cl2FN3O4S. The molecule has 246 valence electrons. The van der Waals surface area contributed by atoms with E-state index in [1.54, 1.807) is 42.5 Å². The number of rotatable bonds is 12. The number of carbonyl (C=O) groups excluding carboxylic acids is 2. The van der Waals surface area contributed by atoms with Crippen LogP contribution in [-0.2, 0) is 32.6 Å². The van der Waals surface area contributed by atoms with E-state index in [9.17, 15) is 22.4 Å². The average Bonchev–Trinajstić information content (AvgIpc) is 3.08. The molecule has 7 nitrogen and oxygen atoms in total. The van der Waals surface area contributed by atoms with Crippen LogP contribution in [0.25, 0.3) is 0 Å². The first-order valence-corrected chi connectivity index (χ1v) is 17.7. The molecule has 4 aromatic rings. The summed E-state index contributed by atoms with van der Waals surface area (Å²) >= 11 is 12.2. The Kier molecular flexibility index (Phi) is 11.6. The molecule has 1 aliphatic carbocycles. The predicted molar refractivity (Wildman–Crippen MR) is 183 cm³/mol. The van der Waals surface area contributed by atoms with Crippen LogP contribution in [0.15, 0.2) is 108 Å². The third-order valence-electron chi connectivity index (χ3n) is 8.29. The molecule has 0 bridgehead atoms. The van der Waals surface area contributed by atoms with E-state index in [-0.39, 0.29) is 40.5 Å². The third kappa shape index (κ3) is 8.91. The minimum absolute atomic E-state index is 0.00584. The number of carbonyl (C=O) groups is 2. The van der Waals surface area contributed by atoms with Crippen LogP contribution in [0.2, 0.25) is 10.0 Å². The Labute approximate surface area is 285 Å². The van der Waals surface area contributed by atoms with Gasteiger partial charge in [-0.1, -0.05) is 103 Å². The van der Waals surface area contributed by atoms with Gasteiger partial charge in [-0.05, 0) is 66.4 Å². The fourth-order valence-electron chi connectivity index (χ4n) is 5.77. The highest BCUT2D eigenvalue weighted by molar-refractivity contribution is 7.92. The standard InChI is InChI=1S/C36H36Cl2FN3O4S/c37-28-18-16-27(17-19-28)24-41(34(22-26-10-4-1-5-11-26)36(44)40-29-12-6-2-7-13-29)35(43)25-42(30-20-21-33(39)32(38)23-30)47(45,46)31-14-8-3-9-15-31/h1,3-5,8-11,14-21,23,29,34H,2,6-7,12-13,22,24-25H2,(H,40,44)/t34-/m0/s1. The topological polar surface area (TPSA) is 86.8 Å². The minimum atomic E-state index is -4.33. The SMILES string of the molecule is O=C(NC1CCCCC1)[C@H](Cc1ccccc1)N(Cc1ccc(Cl)cc1)C(=O)CN(c1ccc(F)c(Cl)c1)S(=O)(=O)c1ccccc1. The summed E-state index contributed by atoms with van der Waals surface area (Å²) in [6, 6.07) is 26.4. The van der Waals surface area contributed by atoms with Crippen molar-refractivity contribution in [1.82, 2.24) is 10.2 Å². The molecule has 5 rings (SSSR count). The van der Waals surface area contributed by atoms with Crippen molar-refractivity contribution in [2.24, 2.45) is 0 Å². The van der Waals surface area contributed by atoms with E-state index in [0.29, 0.717) is 10.6 Å². The highest BCUT2D eigenvalue weighted by Gasteiger charge is 2.35. The van der Waals surface area contributed by atoms with Crippen molar-refractivity contribution in [3.05, 3.63) is 130 Å². The number of sulfonamides is 1. The molecule has 1 saturated carbocycles. The van der Waals surface area contributed by atoms with Crippen molar-refractivity contribution < 1.29 is 22.4 Å². The molecule has 0 heterocycles. The van der Waals surface area contributed by atoms with Crippen molar-refractivity contribution in [1.29, 1.82) is 0 Å². The smallest absolute Gasteiger partial charge is 0.264 e. The van der Waals surface area contributed by atoms with Crippen molar-refractivity contribution >= 4 is 50.7 Å². The molecule has 0 aromatic heterocycles. The molecule has 0 unspecified atom stereocenters. The van der Waals surface area contributed by atoms with Crippen molar-refractivity contribution in [2.45, 2.75) is 62.0 Å². The van der Waals surface area contributed by atoms with Crippen LogP contribution in [-0.4, -0.2) is 43.8 Å². The van der Waals surface area contributed by atoms with Crippen LogP contribution in [0, 0.1) is 5.82 Å². The third-order valence-corrected chi connectivity index (χ3v) is 10.6. The second-order valence-electron chi connectivity index (χ2n) is 11.6. The summed E-state index contributed by atoms with van der Waals surface area (Å²) in [4.78, 5) is 30.1. The lowest BCUT2D eigenvalue weighted by molar-refractivity contribution is -0.140. The Hall–Kier alpha value is -3.92. The molecule has 0 saturated heterocycles. The summed E-state index contributed by atoms with van der Waals surface area (Å²) in [5.41, 5.74) is 1.55. The van der Waals surface area contributed by atoms with Gasteiger partial charge in [-0.2, -0.15) is 0 Å². The first-order chi connectivity index (χ1) is 22.6. The quantitative estimate of drug-likeness (QED) is 0.167. The normalized spacial score (nSPS) is 14.3. The molecule has 1 atom stereocenters. The lowest BCUT2D eigenvalue weighted by atomic mass is 9.94. The Bertz CT molecular complexity index is 1770. The summed E-state index contributed by atoms with van der Waals surface area (Å²) in [6.45, 7) is -0.663. The molecule has 0 spiro atoms. The Morgan fingerprint density at radius 3 is 2.11 bits per heavy atom. The van der Waals surface area contributed by atoms with E-state index in [0.717, 1.165) is 48.0 Å². The summed E-state index contributed by atoms with van der Waals surface area (Å²) in [5.74, 6) is -1.67.